The zero-order valence-electron chi connectivity index (χ0n) is 10.4. The Morgan fingerprint density at radius 2 is 2.11 bits per heavy atom. The topological polar surface area (TPSA) is 104 Å². The molecule has 0 aliphatic heterocycles. The lowest BCUT2D eigenvalue weighted by molar-refractivity contribution is -0.121. The standard InChI is InChI=1S/C12H17N3O3/c1-3-14-11(16)7(2)15-10-5-4-8(12(17)18)6-9(10)13/h4-7,15H,3,13H2,1-2H3,(H,14,16)(H,17,18). The average Bonchev–Trinajstić information content (AvgIpc) is 2.31. The molecule has 1 atom stereocenters. The quantitative estimate of drug-likeness (QED) is 0.582. The number of aromatic carboxylic acids is 1. The van der Waals surface area contributed by atoms with Crippen molar-refractivity contribution in [2.45, 2.75) is 19.9 Å². The minimum atomic E-state index is -1.04. The van der Waals surface area contributed by atoms with Crippen molar-refractivity contribution < 1.29 is 14.7 Å². The first-order valence-electron chi connectivity index (χ1n) is 5.62. The number of carbonyl (C=O) groups excluding carboxylic acids is 1. The van der Waals surface area contributed by atoms with Crippen LogP contribution >= 0.6 is 0 Å². The highest BCUT2D eigenvalue weighted by Crippen LogP contribution is 2.20. The number of hydrogen-bond acceptors (Lipinski definition) is 4. The van der Waals surface area contributed by atoms with Crippen molar-refractivity contribution in [1.82, 2.24) is 5.32 Å². The van der Waals surface area contributed by atoms with E-state index < -0.39 is 12.0 Å². The molecule has 1 rings (SSSR count). The summed E-state index contributed by atoms with van der Waals surface area (Å²) in [6.07, 6.45) is 0. The van der Waals surface area contributed by atoms with Gasteiger partial charge >= 0.3 is 5.97 Å². The average molecular weight is 251 g/mol. The van der Waals surface area contributed by atoms with Crippen LogP contribution < -0.4 is 16.4 Å². The molecule has 0 fully saturated rings. The molecular formula is C12H17N3O3. The minimum absolute atomic E-state index is 0.115. The van der Waals surface area contributed by atoms with Crippen molar-refractivity contribution in [1.29, 1.82) is 0 Å². The highest BCUT2D eigenvalue weighted by molar-refractivity contribution is 5.91. The van der Waals surface area contributed by atoms with Gasteiger partial charge in [0.2, 0.25) is 5.91 Å². The molecule has 6 nitrogen and oxygen atoms in total. The molecule has 5 N–H and O–H groups in total. The van der Waals surface area contributed by atoms with Crippen molar-refractivity contribution in [3.63, 3.8) is 0 Å². The summed E-state index contributed by atoms with van der Waals surface area (Å²) in [5, 5.41) is 14.4. The summed E-state index contributed by atoms with van der Waals surface area (Å²) in [7, 11) is 0. The summed E-state index contributed by atoms with van der Waals surface area (Å²) in [4.78, 5) is 22.3. The summed E-state index contributed by atoms with van der Waals surface area (Å²) in [6.45, 7) is 4.09. The number of amides is 1. The van der Waals surface area contributed by atoms with Gasteiger partial charge in [0.05, 0.1) is 16.9 Å². The number of rotatable bonds is 5. The van der Waals surface area contributed by atoms with Crippen LogP contribution in [-0.2, 0) is 4.79 Å². The molecule has 0 aliphatic carbocycles. The van der Waals surface area contributed by atoms with Crippen LogP contribution in [0.25, 0.3) is 0 Å². The van der Waals surface area contributed by atoms with E-state index in [0.717, 1.165) is 0 Å². The summed E-state index contributed by atoms with van der Waals surface area (Å²) < 4.78 is 0. The van der Waals surface area contributed by atoms with Gasteiger partial charge in [-0.05, 0) is 32.0 Å². The minimum Gasteiger partial charge on any atom is -0.478 e. The number of anilines is 2. The molecule has 0 bridgehead atoms. The van der Waals surface area contributed by atoms with Gasteiger partial charge in [-0.2, -0.15) is 0 Å². The third-order valence-electron chi connectivity index (χ3n) is 2.41. The first-order chi connectivity index (χ1) is 8.45. The molecule has 0 saturated carbocycles. The number of carboxylic acids is 1. The van der Waals surface area contributed by atoms with E-state index in [4.69, 9.17) is 10.8 Å². The number of benzene rings is 1. The van der Waals surface area contributed by atoms with Gasteiger partial charge in [0.25, 0.3) is 0 Å². The van der Waals surface area contributed by atoms with Crippen LogP contribution in [0.3, 0.4) is 0 Å². The number of hydrogen-bond donors (Lipinski definition) is 4. The zero-order valence-corrected chi connectivity index (χ0v) is 10.4. The third kappa shape index (κ3) is 3.38. The molecule has 6 heteroatoms. The fraction of sp³-hybridized carbons (Fsp3) is 0.333. The van der Waals surface area contributed by atoms with Crippen molar-refractivity contribution in [2.24, 2.45) is 0 Å². The van der Waals surface area contributed by atoms with Gasteiger partial charge < -0.3 is 21.5 Å². The Morgan fingerprint density at radius 1 is 1.44 bits per heavy atom. The second-order valence-electron chi connectivity index (χ2n) is 3.87. The lowest BCUT2D eigenvalue weighted by atomic mass is 10.1. The van der Waals surface area contributed by atoms with Gasteiger partial charge in [0.1, 0.15) is 6.04 Å². The van der Waals surface area contributed by atoms with Crippen LogP contribution in [0.2, 0.25) is 0 Å². The first kappa shape index (κ1) is 13.8. The van der Waals surface area contributed by atoms with Gasteiger partial charge in [-0.15, -0.1) is 0 Å². The van der Waals surface area contributed by atoms with Gasteiger partial charge in [-0.3, -0.25) is 4.79 Å². The molecule has 0 aromatic heterocycles. The number of nitrogens with one attached hydrogen (secondary N) is 2. The number of carbonyl (C=O) groups is 2. The molecule has 98 valence electrons. The summed E-state index contributed by atoms with van der Waals surface area (Å²) >= 11 is 0. The Hall–Kier alpha value is -2.24. The van der Waals surface area contributed by atoms with Crippen LogP contribution in [-0.4, -0.2) is 29.6 Å². The molecule has 1 unspecified atom stereocenters. The van der Waals surface area contributed by atoms with E-state index in [-0.39, 0.29) is 11.5 Å². The lowest BCUT2D eigenvalue weighted by Crippen LogP contribution is -2.37. The van der Waals surface area contributed by atoms with Crippen LogP contribution in [0.1, 0.15) is 24.2 Å². The third-order valence-corrected chi connectivity index (χ3v) is 2.41. The Morgan fingerprint density at radius 3 is 2.61 bits per heavy atom. The van der Waals surface area contributed by atoms with Crippen molar-refractivity contribution in [3.05, 3.63) is 23.8 Å². The first-order valence-corrected chi connectivity index (χ1v) is 5.62. The Bertz CT molecular complexity index is 460. The van der Waals surface area contributed by atoms with E-state index in [1.54, 1.807) is 13.0 Å². The molecule has 1 aromatic rings. The Labute approximate surface area is 105 Å². The second-order valence-corrected chi connectivity index (χ2v) is 3.87. The highest BCUT2D eigenvalue weighted by atomic mass is 16.4. The van der Waals surface area contributed by atoms with Crippen LogP contribution in [0, 0.1) is 0 Å². The molecule has 0 heterocycles. The zero-order chi connectivity index (χ0) is 13.7. The van der Waals surface area contributed by atoms with E-state index >= 15 is 0 Å². The van der Waals surface area contributed by atoms with E-state index in [1.165, 1.54) is 12.1 Å². The van der Waals surface area contributed by atoms with Gasteiger partial charge in [0.15, 0.2) is 0 Å². The Balaban J connectivity index is 2.79. The maximum absolute atomic E-state index is 11.5. The number of nitrogen functional groups attached to an aromatic ring is 1. The molecule has 0 aliphatic rings. The van der Waals surface area contributed by atoms with Crippen LogP contribution in [0.5, 0.6) is 0 Å². The normalized spacial score (nSPS) is 11.7. The molecule has 0 spiro atoms. The van der Waals surface area contributed by atoms with E-state index in [9.17, 15) is 9.59 Å². The fourth-order valence-corrected chi connectivity index (χ4v) is 1.45. The van der Waals surface area contributed by atoms with Crippen molar-refractivity contribution in [2.75, 3.05) is 17.6 Å². The SMILES string of the molecule is CCNC(=O)C(C)Nc1ccc(C(=O)O)cc1N. The smallest absolute Gasteiger partial charge is 0.335 e. The van der Waals surface area contributed by atoms with E-state index in [2.05, 4.69) is 10.6 Å². The largest absolute Gasteiger partial charge is 0.478 e. The fourth-order valence-electron chi connectivity index (χ4n) is 1.45. The summed E-state index contributed by atoms with van der Waals surface area (Å²) in [5.41, 5.74) is 6.68. The van der Waals surface area contributed by atoms with Crippen molar-refractivity contribution in [3.8, 4) is 0 Å². The van der Waals surface area contributed by atoms with Crippen LogP contribution in [0.15, 0.2) is 18.2 Å². The number of likely N-dealkylation sites (N-methyl/N-ethyl adjacent to an activating group) is 1. The number of nitrogens with two attached hydrogens (primary N) is 1. The second kappa shape index (κ2) is 5.90. The summed E-state index contributed by atoms with van der Waals surface area (Å²) in [6, 6.07) is 3.90. The Kier molecular flexibility index (Phi) is 4.53. The van der Waals surface area contributed by atoms with E-state index in [0.29, 0.717) is 17.9 Å². The predicted octanol–water partition coefficient (Wildman–Crippen LogP) is 0.903. The maximum atomic E-state index is 11.5. The van der Waals surface area contributed by atoms with Crippen molar-refractivity contribution >= 4 is 23.3 Å². The number of carboxylic acid groups (broad SMARTS) is 1. The molecule has 1 aromatic carbocycles. The van der Waals surface area contributed by atoms with E-state index in [1.807, 2.05) is 6.92 Å². The molecule has 0 radical (unpaired) electrons. The monoisotopic (exact) mass is 251 g/mol. The maximum Gasteiger partial charge on any atom is 0.335 e. The molecule has 0 saturated heterocycles. The predicted molar refractivity (Wildman–Crippen MR) is 69.6 cm³/mol. The lowest BCUT2D eigenvalue weighted by Gasteiger charge is -2.16. The molecular weight excluding hydrogens is 234 g/mol. The highest BCUT2D eigenvalue weighted by Gasteiger charge is 2.13. The van der Waals surface area contributed by atoms with Crippen LogP contribution in [0.4, 0.5) is 11.4 Å². The molecule has 1 amide bonds. The van der Waals surface area contributed by atoms with Gasteiger partial charge in [-0.25, -0.2) is 4.79 Å². The van der Waals surface area contributed by atoms with Gasteiger partial charge in [-0.1, -0.05) is 0 Å². The summed E-state index contributed by atoms with van der Waals surface area (Å²) in [5.74, 6) is -1.18. The van der Waals surface area contributed by atoms with Gasteiger partial charge in [0, 0.05) is 6.54 Å². The molecule has 18 heavy (non-hydrogen) atoms.